The molecule has 1 atom stereocenters. The van der Waals surface area contributed by atoms with E-state index in [-0.39, 0.29) is 0 Å². The average Bonchev–Trinajstić information content (AvgIpc) is 2.51. The molecule has 2 N–H and O–H groups in total. The fourth-order valence-corrected chi connectivity index (χ4v) is 2.58. The van der Waals surface area contributed by atoms with Crippen molar-refractivity contribution in [2.45, 2.75) is 12.8 Å². The zero-order chi connectivity index (χ0) is 8.84. The Morgan fingerprint density at radius 3 is 3.23 bits per heavy atom. The molecule has 1 unspecified atom stereocenters. The van der Waals surface area contributed by atoms with Gasteiger partial charge in [0.05, 0.1) is 0 Å². The Balaban J connectivity index is 2.12. The highest BCUT2D eigenvalue weighted by Gasteiger charge is 2.29. The van der Waals surface area contributed by atoms with E-state index in [4.69, 9.17) is 5.73 Å². The number of fused-ring (bicyclic) bond motifs is 4. The fourth-order valence-electron chi connectivity index (χ4n) is 2.58. The van der Waals surface area contributed by atoms with Gasteiger partial charge >= 0.3 is 0 Å². The van der Waals surface area contributed by atoms with Crippen LogP contribution in [0, 0.1) is 5.92 Å². The summed E-state index contributed by atoms with van der Waals surface area (Å²) < 4.78 is 0. The molecule has 1 aromatic rings. The molecule has 0 aliphatic carbocycles. The van der Waals surface area contributed by atoms with Gasteiger partial charge in [0.25, 0.3) is 0 Å². The maximum absolute atomic E-state index is 5.79. The van der Waals surface area contributed by atoms with Gasteiger partial charge in [-0.05, 0) is 36.5 Å². The molecule has 2 aliphatic heterocycles. The molecule has 1 saturated heterocycles. The molecule has 2 nitrogen and oxygen atoms in total. The SMILES string of the molecule is Nc1ccc2c(c1)N1CCC(C2)C1. The number of nitrogen functional groups attached to an aromatic ring is 1. The van der Waals surface area contributed by atoms with Gasteiger partial charge in [-0.3, -0.25) is 0 Å². The molecule has 1 aromatic carbocycles. The molecule has 3 rings (SSSR count). The van der Waals surface area contributed by atoms with Crippen LogP contribution in [0.5, 0.6) is 0 Å². The number of rotatable bonds is 0. The van der Waals surface area contributed by atoms with E-state index in [0.717, 1.165) is 11.6 Å². The predicted molar refractivity (Wildman–Crippen MR) is 54.9 cm³/mol. The molecule has 13 heavy (non-hydrogen) atoms. The lowest BCUT2D eigenvalue weighted by atomic mass is 9.95. The highest BCUT2D eigenvalue weighted by molar-refractivity contribution is 5.63. The lowest BCUT2D eigenvalue weighted by Gasteiger charge is -2.27. The van der Waals surface area contributed by atoms with Crippen molar-refractivity contribution in [3.63, 3.8) is 0 Å². The lowest BCUT2D eigenvalue weighted by Crippen LogP contribution is -2.25. The van der Waals surface area contributed by atoms with Crippen LogP contribution in [0.2, 0.25) is 0 Å². The molecule has 0 radical (unpaired) electrons. The van der Waals surface area contributed by atoms with Gasteiger partial charge in [0.15, 0.2) is 0 Å². The van der Waals surface area contributed by atoms with Crippen LogP contribution in [0.25, 0.3) is 0 Å². The van der Waals surface area contributed by atoms with Crippen molar-refractivity contribution in [3.8, 4) is 0 Å². The van der Waals surface area contributed by atoms with Gasteiger partial charge in [-0.15, -0.1) is 0 Å². The van der Waals surface area contributed by atoms with Gasteiger partial charge < -0.3 is 10.6 Å². The number of benzene rings is 1. The topological polar surface area (TPSA) is 29.3 Å². The maximum atomic E-state index is 5.79. The summed E-state index contributed by atoms with van der Waals surface area (Å²) >= 11 is 0. The third-order valence-electron chi connectivity index (χ3n) is 3.24. The number of anilines is 2. The Hall–Kier alpha value is -1.18. The van der Waals surface area contributed by atoms with Gasteiger partial charge in [0, 0.05) is 24.5 Å². The van der Waals surface area contributed by atoms with Gasteiger partial charge in [-0.25, -0.2) is 0 Å². The van der Waals surface area contributed by atoms with Crippen molar-refractivity contribution < 1.29 is 0 Å². The Morgan fingerprint density at radius 2 is 2.31 bits per heavy atom. The molecule has 2 bridgehead atoms. The fraction of sp³-hybridized carbons (Fsp3) is 0.455. The third-order valence-corrected chi connectivity index (χ3v) is 3.24. The van der Waals surface area contributed by atoms with Crippen molar-refractivity contribution in [2.75, 3.05) is 23.7 Å². The highest BCUT2D eigenvalue weighted by atomic mass is 15.2. The summed E-state index contributed by atoms with van der Waals surface area (Å²) in [5, 5.41) is 0. The molecule has 0 spiro atoms. The van der Waals surface area contributed by atoms with Crippen LogP contribution in [-0.4, -0.2) is 13.1 Å². The van der Waals surface area contributed by atoms with E-state index < -0.39 is 0 Å². The molecule has 0 aromatic heterocycles. The first-order chi connectivity index (χ1) is 6.33. The zero-order valence-electron chi connectivity index (χ0n) is 7.66. The summed E-state index contributed by atoms with van der Waals surface area (Å²) in [4.78, 5) is 2.47. The molecule has 2 aliphatic rings. The van der Waals surface area contributed by atoms with Crippen LogP contribution in [0.1, 0.15) is 12.0 Å². The van der Waals surface area contributed by atoms with E-state index >= 15 is 0 Å². The molecule has 0 saturated carbocycles. The smallest absolute Gasteiger partial charge is 0.0419 e. The molecule has 2 heteroatoms. The number of nitrogens with two attached hydrogens (primary N) is 1. The minimum Gasteiger partial charge on any atom is -0.399 e. The Kier molecular flexibility index (Phi) is 1.34. The summed E-state index contributed by atoms with van der Waals surface area (Å²) in [6.45, 7) is 2.47. The molecule has 1 fully saturated rings. The summed E-state index contributed by atoms with van der Waals surface area (Å²) in [7, 11) is 0. The number of hydrogen-bond donors (Lipinski definition) is 1. The van der Waals surface area contributed by atoms with Crippen LogP contribution in [0.15, 0.2) is 18.2 Å². The minimum atomic E-state index is 0.893. The Bertz CT molecular complexity index is 346. The second kappa shape index (κ2) is 2.41. The first-order valence-corrected chi connectivity index (χ1v) is 4.96. The van der Waals surface area contributed by atoms with Gasteiger partial charge in [-0.1, -0.05) is 6.07 Å². The van der Waals surface area contributed by atoms with Crippen molar-refractivity contribution in [1.29, 1.82) is 0 Å². The Labute approximate surface area is 78.3 Å². The second-order valence-corrected chi connectivity index (χ2v) is 4.19. The van der Waals surface area contributed by atoms with Crippen LogP contribution < -0.4 is 10.6 Å². The van der Waals surface area contributed by atoms with Crippen LogP contribution in [0.4, 0.5) is 11.4 Å². The van der Waals surface area contributed by atoms with Gasteiger partial charge in [-0.2, -0.15) is 0 Å². The Morgan fingerprint density at radius 1 is 1.38 bits per heavy atom. The first kappa shape index (κ1) is 7.25. The summed E-state index contributed by atoms with van der Waals surface area (Å²) in [6, 6.07) is 6.33. The van der Waals surface area contributed by atoms with Crippen LogP contribution in [0.3, 0.4) is 0 Å². The van der Waals surface area contributed by atoms with Crippen LogP contribution >= 0.6 is 0 Å². The van der Waals surface area contributed by atoms with Gasteiger partial charge in [0.1, 0.15) is 0 Å². The summed E-state index contributed by atoms with van der Waals surface area (Å²) in [5.74, 6) is 0.899. The lowest BCUT2D eigenvalue weighted by molar-refractivity contribution is 0.576. The van der Waals surface area contributed by atoms with E-state index in [1.165, 1.54) is 37.2 Å². The summed E-state index contributed by atoms with van der Waals surface area (Å²) in [6.07, 6.45) is 2.61. The van der Waals surface area contributed by atoms with E-state index in [1.54, 1.807) is 0 Å². The molecular weight excluding hydrogens is 160 g/mol. The molecule has 0 amide bonds. The predicted octanol–water partition coefficient (Wildman–Crippen LogP) is 1.65. The molecular formula is C11H14N2. The third kappa shape index (κ3) is 1.01. The van der Waals surface area contributed by atoms with E-state index in [2.05, 4.69) is 17.0 Å². The van der Waals surface area contributed by atoms with Crippen molar-refractivity contribution >= 4 is 11.4 Å². The van der Waals surface area contributed by atoms with Crippen LogP contribution in [-0.2, 0) is 6.42 Å². The van der Waals surface area contributed by atoms with Crippen molar-refractivity contribution in [1.82, 2.24) is 0 Å². The second-order valence-electron chi connectivity index (χ2n) is 4.19. The highest BCUT2D eigenvalue weighted by Crippen LogP contribution is 2.36. The van der Waals surface area contributed by atoms with E-state index in [0.29, 0.717) is 0 Å². The largest absolute Gasteiger partial charge is 0.399 e. The van der Waals surface area contributed by atoms with Crippen molar-refractivity contribution in [2.24, 2.45) is 5.92 Å². The van der Waals surface area contributed by atoms with E-state index in [9.17, 15) is 0 Å². The average molecular weight is 174 g/mol. The number of nitrogens with zero attached hydrogens (tertiary/aromatic N) is 1. The zero-order valence-corrected chi connectivity index (χ0v) is 7.66. The monoisotopic (exact) mass is 174 g/mol. The maximum Gasteiger partial charge on any atom is 0.0419 e. The molecule has 68 valence electrons. The molecule has 2 heterocycles. The number of hydrogen-bond acceptors (Lipinski definition) is 2. The van der Waals surface area contributed by atoms with Crippen molar-refractivity contribution in [3.05, 3.63) is 23.8 Å². The quantitative estimate of drug-likeness (QED) is 0.606. The van der Waals surface area contributed by atoms with E-state index in [1.807, 2.05) is 6.07 Å². The first-order valence-electron chi connectivity index (χ1n) is 4.96. The normalized spacial score (nSPS) is 24.6. The minimum absolute atomic E-state index is 0.893. The van der Waals surface area contributed by atoms with Gasteiger partial charge in [0.2, 0.25) is 0 Å². The summed E-state index contributed by atoms with van der Waals surface area (Å²) in [5.41, 5.74) is 9.55. The standard InChI is InChI=1S/C11H14N2/c12-10-2-1-9-5-8-3-4-13(7-8)11(9)6-10/h1-2,6,8H,3-5,7,12H2.